The van der Waals surface area contributed by atoms with Crippen molar-refractivity contribution in [1.82, 2.24) is 0 Å². The zero-order valence-corrected chi connectivity index (χ0v) is 15.1. The molecule has 0 bridgehead atoms. The summed E-state index contributed by atoms with van der Waals surface area (Å²) >= 11 is 0. The summed E-state index contributed by atoms with van der Waals surface area (Å²) in [7, 11) is 1.42. The van der Waals surface area contributed by atoms with Crippen molar-refractivity contribution in [2.75, 3.05) is 7.11 Å². The van der Waals surface area contributed by atoms with Gasteiger partial charge >= 0.3 is 5.97 Å². The second kappa shape index (κ2) is 17.3. The van der Waals surface area contributed by atoms with Gasteiger partial charge in [-0.25, -0.2) is 5.26 Å². The van der Waals surface area contributed by atoms with Crippen LogP contribution in [0.4, 0.5) is 0 Å². The molecule has 0 unspecified atom stereocenters. The third-order valence-corrected chi connectivity index (χ3v) is 4.08. The normalized spacial score (nSPS) is 11.5. The van der Waals surface area contributed by atoms with E-state index in [1.54, 1.807) is 0 Å². The van der Waals surface area contributed by atoms with Crippen molar-refractivity contribution in [2.45, 2.75) is 96.8 Å². The van der Waals surface area contributed by atoms with Crippen LogP contribution in [0.25, 0.3) is 0 Å². The van der Waals surface area contributed by atoms with E-state index in [4.69, 9.17) is 5.26 Å². The van der Waals surface area contributed by atoms with E-state index in [1.165, 1.54) is 45.6 Å². The number of allylic oxidation sites excluding steroid dienone is 2. The Morgan fingerprint density at radius 3 is 2.04 bits per heavy atom. The largest absolute Gasteiger partial charge is 0.469 e. The van der Waals surface area contributed by atoms with Crippen molar-refractivity contribution in [2.24, 2.45) is 0 Å². The first-order chi connectivity index (χ1) is 11.2. The lowest BCUT2D eigenvalue weighted by molar-refractivity contribution is -0.206. The van der Waals surface area contributed by atoms with E-state index in [2.05, 4.69) is 16.5 Å². The second-order valence-electron chi connectivity index (χ2n) is 6.16. The molecule has 0 aromatic heterocycles. The molecule has 0 aliphatic rings. The number of carbonyl (C=O) groups excluding carboxylic acids is 1. The van der Waals surface area contributed by atoms with Gasteiger partial charge in [0.15, 0.2) is 0 Å². The fourth-order valence-electron chi connectivity index (χ4n) is 2.57. The number of hydrogen-bond donors (Lipinski definition) is 1. The van der Waals surface area contributed by atoms with Gasteiger partial charge in [-0.05, 0) is 31.8 Å². The zero-order valence-electron chi connectivity index (χ0n) is 15.1. The number of rotatable bonds is 16. The van der Waals surface area contributed by atoms with Crippen LogP contribution in [0.15, 0.2) is 11.8 Å². The molecule has 0 aromatic carbocycles. The van der Waals surface area contributed by atoms with Crippen LogP contribution in [0, 0.1) is 0 Å². The lowest BCUT2D eigenvalue weighted by Gasteiger charge is -2.04. The standard InChI is InChI=1S/C19H36O4/c1-3-4-5-6-7-8-9-12-15-18(23-21)16-13-10-11-14-17-19(20)22-2/h15,21H,3-14,16-17H2,1-2H3/b18-15-. The van der Waals surface area contributed by atoms with Crippen molar-refractivity contribution in [3.05, 3.63) is 11.8 Å². The fourth-order valence-corrected chi connectivity index (χ4v) is 2.57. The minimum absolute atomic E-state index is 0.140. The Morgan fingerprint density at radius 1 is 0.870 bits per heavy atom. The van der Waals surface area contributed by atoms with Crippen LogP contribution in [0.3, 0.4) is 0 Å². The molecule has 1 N–H and O–H groups in total. The number of unbranched alkanes of at least 4 members (excludes halogenated alkanes) is 10. The van der Waals surface area contributed by atoms with E-state index < -0.39 is 0 Å². The molecule has 0 radical (unpaired) electrons. The molecule has 23 heavy (non-hydrogen) atoms. The van der Waals surface area contributed by atoms with Crippen LogP contribution in [0.1, 0.15) is 96.8 Å². The van der Waals surface area contributed by atoms with Crippen LogP contribution in [0.5, 0.6) is 0 Å². The van der Waals surface area contributed by atoms with Crippen LogP contribution in [-0.2, 0) is 14.4 Å². The molecule has 4 nitrogen and oxygen atoms in total. The minimum Gasteiger partial charge on any atom is -0.469 e. The Kier molecular flexibility index (Phi) is 16.5. The summed E-state index contributed by atoms with van der Waals surface area (Å²) in [6.07, 6.45) is 17.2. The van der Waals surface area contributed by atoms with Gasteiger partial charge in [0, 0.05) is 12.8 Å². The van der Waals surface area contributed by atoms with Gasteiger partial charge in [-0.15, -0.1) is 0 Å². The molecule has 0 rings (SSSR count). The van der Waals surface area contributed by atoms with Crippen molar-refractivity contribution >= 4 is 5.97 Å². The molecule has 0 heterocycles. The SMILES string of the molecule is CCCCCCCCC/C=C(/CCCCCCC(=O)OC)OO. The predicted molar refractivity (Wildman–Crippen MR) is 94.1 cm³/mol. The Balaban J connectivity index is 3.51. The van der Waals surface area contributed by atoms with Gasteiger partial charge in [0.05, 0.1) is 7.11 Å². The lowest BCUT2D eigenvalue weighted by atomic mass is 10.1. The molecule has 0 spiro atoms. The molecule has 0 fully saturated rings. The van der Waals surface area contributed by atoms with Crippen molar-refractivity contribution in [3.63, 3.8) is 0 Å². The molecular weight excluding hydrogens is 292 g/mol. The van der Waals surface area contributed by atoms with Gasteiger partial charge in [0.2, 0.25) is 0 Å². The minimum atomic E-state index is -0.140. The van der Waals surface area contributed by atoms with Gasteiger partial charge in [0.25, 0.3) is 0 Å². The average Bonchev–Trinajstić information content (AvgIpc) is 2.57. The van der Waals surface area contributed by atoms with E-state index in [0.717, 1.165) is 44.9 Å². The van der Waals surface area contributed by atoms with E-state index in [9.17, 15) is 4.79 Å². The van der Waals surface area contributed by atoms with Gasteiger partial charge in [-0.3, -0.25) is 4.79 Å². The molecule has 0 aliphatic heterocycles. The maximum absolute atomic E-state index is 11.0. The van der Waals surface area contributed by atoms with Crippen molar-refractivity contribution < 1.29 is 19.7 Å². The van der Waals surface area contributed by atoms with E-state index in [0.29, 0.717) is 12.2 Å². The quantitative estimate of drug-likeness (QED) is 0.124. The van der Waals surface area contributed by atoms with Gasteiger partial charge in [0.1, 0.15) is 5.76 Å². The van der Waals surface area contributed by atoms with E-state index >= 15 is 0 Å². The second-order valence-corrected chi connectivity index (χ2v) is 6.16. The Hall–Kier alpha value is -1.03. The van der Waals surface area contributed by atoms with Crippen molar-refractivity contribution in [3.8, 4) is 0 Å². The Bertz CT molecular complexity index is 300. The lowest BCUT2D eigenvalue weighted by Crippen LogP contribution is -1.99. The van der Waals surface area contributed by atoms with Crippen LogP contribution in [0.2, 0.25) is 0 Å². The Morgan fingerprint density at radius 2 is 1.43 bits per heavy atom. The maximum Gasteiger partial charge on any atom is 0.305 e. The maximum atomic E-state index is 11.0. The molecular formula is C19H36O4. The summed E-state index contributed by atoms with van der Waals surface area (Å²) < 4.78 is 4.60. The third-order valence-electron chi connectivity index (χ3n) is 4.08. The highest BCUT2D eigenvalue weighted by atomic mass is 17.1. The molecule has 0 saturated carbocycles. The van der Waals surface area contributed by atoms with Crippen molar-refractivity contribution in [1.29, 1.82) is 0 Å². The number of esters is 1. The van der Waals surface area contributed by atoms with Crippen LogP contribution < -0.4 is 0 Å². The number of methoxy groups -OCH3 is 1. The highest BCUT2D eigenvalue weighted by molar-refractivity contribution is 5.68. The van der Waals surface area contributed by atoms with Crippen LogP contribution >= 0.6 is 0 Å². The summed E-state index contributed by atoms with van der Waals surface area (Å²) in [6.45, 7) is 2.24. The highest BCUT2D eigenvalue weighted by Gasteiger charge is 2.01. The first kappa shape index (κ1) is 22.0. The smallest absolute Gasteiger partial charge is 0.305 e. The van der Waals surface area contributed by atoms with Gasteiger partial charge in [-0.1, -0.05) is 58.3 Å². The zero-order chi connectivity index (χ0) is 17.2. The fraction of sp³-hybridized carbons (Fsp3) is 0.842. The molecule has 0 aliphatic carbocycles. The molecule has 0 aromatic rings. The van der Waals surface area contributed by atoms with E-state index in [-0.39, 0.29) is 5.97 Å². The monoisotopic (exact) mass is 328 g/mol. The number of ether oxygens (including phenoxy) is 1. The predicted octanol–water partition coefficient (Wildman–Crippen LogP) is 6.01. The molecule has 0 amide bonds. The number of carbonyl (C=O) groups is 1. The summed E-state index contributed by atoms with van der Waals surface area (Å²) in [5.74, 6) is 0.544. The van der Waals surface area contributed by atoms with Crippen LogP contribution in [-0.4, -0.2) is 18.3 Å². The first-order valence-corrected chi connectivity index (χ1v) is 9.31. The average molecular weight is 328 g/mol. The summed E-state index contributed by atoms with van der Waals surface area (Å²) in [5.41, 5.74) is 0. The summed E-state index contributed by atoms with van der Waals surface area (Å²) in [5, 5.41) is 8.90. The topological polar surface area (TPSA) is 55.8 Å². The Labute approximate surface area is 142 Å². The third kappa shape index (κ3) is 15.6. The first-order valence-electron chi connectivity index (χ1n) is 9.31. The van der Waals surface area contributed by atoms with E-state index in [1.807, 2.05) is 6.08 Å². The molecule has 136 valence electrons. The highest BCUT2D eigenvalue weighted by Crippen LogP contribution is 2.14. The molecule has 0 atom stereocenters. The molecule has 0 saturated heterocycles. The summed E-state index contributed by atoms with van der Waals surface area (Å²) in [6, 6.07) is 0. The molecule has 4 heteroatoms. The van der Waals surface area contributed by atoms with Gasteiger partial charge in [-0.2, -0.15) is 0 Å². The van der Waals surface area contributed by atoms with Gasteiger partial charge < -0.3 is 9.62 Å². The number of hydrogen-bond acceptors (Lipinski definition) is 4. The summed E-state index contributed by atoms with van der Waals surface area (Å²) in [4.78, 5) is 15.4.